The fourth-order valence-corrected chi connectivity index (χ4v) is 1.94. The van der Waals surface area contributed by atoms with Crippen LogP contribution in [0.1, 0.15) is 5.56 Å². The molecule has 0 aliphatic heterocycles. The molecule has 0 fully saturated rings. The molecule has 63 valence electrons. The van der Waals surface area contributed by atoms with Crippen molar-refractivity contribution >= 4 is 17.4 Å². The minimum absolute atomic E-state index is 1.07. The molecule has 0 aliphatic rings. The number of benzene rings is 1. The predicted molar refractivity (Wildman–Crippen MR) is 58.7 cm³/mol. The monoisotopic (exact) mass is 185 g/mol. The van der Waals surface area contributed by atoms with Crippen molar-refractivity contribution in [3.05, 3.63) is 53.2 Å². The average Bonchev–Trinajstić information content (AvgIpc) is 2.70. The molecule has 0 nitrogen and oxygen atoms in total. The van der Waals surface area contributed by atoms with E-state index in [4.69, 9.17) is 0 Å². The molecule has 0 spiro atoms. The van der Waals surface area contributed by atoms with Crippen molar-refractivity contribution in [2.24, 2.45) is 0 Å². The molecule has 0 saturated carbocycles. The average molecular weight is 185 g/mol. The van der Waals surface area contributed by atoms with E-state index in [0.717, 1.165) is 5.56 Å². The molecule has 1 heterocycles. The van der Waals surface area contributed by atoms with Crippen molar-refractivity contribution in [2.45, 2.75) is 0 Å². The van der Waals surface area contributed by atoms with Crippen LogP contribution in [0, 0.1) is 6.07 Å². The summed E-state index contributed by atoms with van der Waals surface area (Å²) in [6, 6.07) is 11.3. The van der Waals surface area contributed by atoms with Crippen LogP contribution >= 0.6 is 11.3 Å². The summed E-state index contributed by atoms with van der Waals surface area (Å²) in [5.41, 5.74) is 3.52. The third-order valence-electron chi connectivity index (χ3n) is 1.92. The zero-order chi connectivity index (χ0) is 9.10. The van der Waals surface area contributed by atoms with Gasteiger partial charge in [0.1, 0.15) is 0 Å². The summed E-state index contributed by atoms with van der Waals surface area (Å²) in [5.74, 6) is 0. The minimum Gasteiger partial charge on any atom is -0.152 e. The van der Waals surface area contributed by atoms with Crippen molar-refractivity contribution in [3.63, 3.8) is 0 Å². The molecule has 1 heteroatoms. The maximum absolute atomic E-state index is 3.77. The Labute approximate surface area is 82.2 Å². The second kappa shape index (κ2) is 3.58. The Morgan fingerprint density at radius 1 is 1.38 bits per heavy atom. The molecule has 0 saturated heterocycles. The first-order valence-corrected chi connectivity index (χ1v) is 5.02. The topological polar surface area (TPSA) is 0 Å². The summed E-state index contributed by atoms with van der Waals surface area (Å²) in [7, 11) is 0. The third-order valence-corrected chi connectivity index (χ3v) is 2.61. The van der Waals surface area contributed by atoms with Gasteiger partial charge in [0.15, 0.2) is 0 Å². The van der Waals surface area contributed by atoms with Crippen LogP contribution < -0.4 is 0 Å². The van der Waals surface area contributed by atoms with Gasteiger partial charge in [0, 0.05) is 0 Å². The highest BCUT2D eigenvalue weighted by Crippen LogP contribution is 2.25. The first kappa shape index (κ1) is 8.27. The molecule has 0 N–H and O–H groups in total. The van der Waals surface area contributed by atoms with E-state index in [1.807, 2.05) is 18.2 Å². The highest BCUT2D eigenvalue weighted by Gasteiger charge is 2.00. The number of hydrogen-bond acceptors (Lipinski definition) is 1. The van der Waals surface area contributed by atoms with E-state index in [1.165, 1.54) is 11.1 Å². The van der Waals surface area contributed by atoms with E-state index in [2.05, 4.69) is 35.5 Å². The highest BCUT2D eigenvalue weighted by atomic mass is 32.1. The van der Waals surface area contributed by atoms with Crippen molar-refractivity contribution in [3.8, 4) is 11.1 Å². The maximum atomic E-state index is 3.77. The van der Waals surface area contributed by atoms with Crippen molar-refractivity contribution < 1.29 is 0 Å². The van der Waals surface area contributed by atoms with E-state index in [0.29, 0.717) is 0 Å². The van der Waals surface area contributed by atoms with Crippen LogP contribution in [-0.4, -0.2) is 0 Å². The highest BCUT2D eigenvalue weighted by molar-refractivity contribution is 7.08. The molecular formula is C12H9S. The van der Waals surface area contributed by atoms with E-state index in [-0.39, 0.29) is 0 Å². The van der Waals surface area contributed by atoms with Crippen LogP contribution in [0.15, 0.2) is 41.6 Å². The number of hydrogen-bond donors (Lipinski definition) is 0. The van der Waals surface area contributed by atoms with Gasteiger partial charge >= 0.3 is 0 Å². The SMILES string of the molecule is C=Cc1[c]cccc1-c1ccsc1. The maximum Gasteiger partial charge on any atom is -0.00145 e. The van der Waals surface area contributed by atoms with Gasteiger partial charge in [0.25, 0.3) is 0 Å². The molecule has 13 heavy (non-hydrogen) atoms. The molecule has 1 aromatic heterocycles. The lowest BCUT2D eigenvalue weighted by Gasteiger charge is -2.01. The summed E-state index contributed by atoms with van der Waals surface area (Å²) in [6.45, 7) is 3.77. The van der Waals surface area contributed by atoms with Gasteiger partial charge in [-0.15, -0.1) is 0 Å². The van der Waals surface area contributed by atoms with E-state index in [1.54, 1.807) is 11.3 Å². The van der Waals surface area contributed by atoms with E-state index >= 15 is 0 Å². The summed E-state index contributed by atoms with van der Waals surface area (Å²) < 4.78 is 0. The lowest BCUT2D eigenvalue weighted by molar-refractivity contribution is 1.62. The van der Waals surface area contributed by atoms with Crippen LogP contribution in [-0.2, 0) is 0 Å². The second-order valence-electron chi connectivity index (χ2n) is 2.71. The molecule has 0 bridgehead atoms. The van der Waals surface area contributed by atoms with Gasteiger partial charge in [-0.25, -0.2) is 0 Å². The fourth-order valence-electron chi connectivity index (χ4n) is 1.29. The zero-order valence-electron chi connectivity index (χ0n) is 7.16. The molecule has 1 aromatic carbocycles. The molecule has 0 amide bonds. The lowest BCUT2D eigenvalue weighted by Crippen LogP contribution is -1.79. The Kier molecular flexibility index (Phi) is 2.28. The van der Waals surface area contributed by atoms with Gasteiger partial charge in [-0.3, -0.25) is 0 Å². The summed E-state index contributed by atoms with van der Waals surface area (Å²) >= 11 is 1.71. The lowest BCUT2D eigenvalue weighted by atomic mass is 10.0. The largest absolute Gasteiger partial charge is 0.152 e. The zero-order valence-corrected chi connectivity index (χ0v) is 7.97. The molecule has 1 radical (unpaired) electrons. The molecule has 0 aliphatic carbocycles. The summed E-state index contributed by atoms with van der Waals surface area (Å²) in [6.07, 6.45) is 1.84. The van der Waals surface area contributed by atoms with Crippen LogP contribution in [0.2, 0.25) is 0 Å². The van der Waals surface area contributed by atoms with Gasteiger partial charge < -0.3 is 0 Å². The summed E-state index contributed by atoms with van der Waals surface area (Å²) in [4.78, 5) is 0. The van der Waals surface area contributed by atoms with Gasteiger partial charge in [0.2, 0.25) is 0 Å². The summed E-state index contributed by atoms with van der Waals surface area (Å²) in [5, 5.41) is 4.21. The molecular weight excluding hydrogens is 176 g/mol. The number of thiophene rings is 1. The normalized spacial score (nSPS) is 9.85. The van der Waals surface area contributed by atoms with Crippen LogP contribution in [0.5, 0.6) is 0 Å². The van der Waals surface area contributed by atoms with Gasteiger partial charge in [0.05, 0.1) is 0 Å². The Morgan fingerprint density at radius 2 is 2.31 bits per heavy atom. The standard InChI is InChI=1S/C12H9S/c1-2-10-5-3-4-6-12(10)11-7-8-13-9-11/h2-4,6-9H,1H2. The molecule has 0 atom stereocenters. The Bertz CT molecular complexity index is 399. The molecule has 2 rings (SSSR count). The van der Waals surface area contributed by atoms with Crippen LogP contribution in [0.4, 0.5) is 0 Å². The first-order chi connectivity index (χ1) is 6.42. The Balaban J connectivity index is 2.57. The Hall–Kier alpha value is -1.34. The molecule has 2 aromatic rings. The predicted octanol–water partition coefficient (Wildman–Crippen LogP) is 3.86. The fraction of sp³-hybridized carbons (Fsp3) is 0. The van der Waals surface area contributed by atoms with Crippen LogP contribution in [0.3, 0.4) is 0 Å². The van der Waals surface area contributed by atoms with Crippen molar-refractivity contribution in [1.29, 1.82) is 0 Å². The quantitative estimate of drug-likeness (QED) is 0.666. The minimum atomic E-state index is 1.07. The van der Waals surface area contributed by atoms with E-state index in [9.17, 15) is 0 Å². The van der Waals surface area contributed by atoms with Crippen molar-refractivity contribution in [2.75, 3.05) is 0 Å². The van der Waals surface area contributed by atoms with Gasteiger partial charge in [-0.05, 0) is 39.6 Å². The van der Waals surface area contributed by atoms with Crippen LogP contribution in [0.25, 0.3) is 17.2 Å². The molecule has 0 unspecified atom stereocenters. The first-order valence-electron chi connectivity index (χ1n) is 4.07. The third kappa shape index (κ3) is 1.56. The second-order valence-corrected chi connectivity index (χ2v) is 3.49. The van der Waals surface area contributed by atoms with Crippen molar-refractivity contribution in [1.82, 2.24) is 0 Å². The van der Waals surface area contributed by atoms with E-state index < -0.39 is 0 Å². The van der Waals surface area contributed by atoms with Gasteiger partial charge in [-0.1, -0.05) is 30.9 Å². The van der Waals surface area contributed by atoms with Gasteiger partial charge in [-0.2, -0.15) is 11.3 Å². The Morgan fingerprint density at radius 3 is 3.00 bits per heavy atom. The number of rotatable bonds is 2. The smallest absolute Gasteiger partial charge is 0.00145 e.